The van der Waals surface area contributed by atoms with Crippen molar-refractivity contribution in [3.63, 3.8) is 0 Å². The SMILES string of the molecule is CCCC1(CNC2CC(OCC)C23CCCCC3)CC1. The van der Waals surface area contributed by atoms with Crippen LogP contribution in [0.2, 0.25) is 0 Å². The number of hydrogen-bond acceptors (Lipinski definition) is 2. The topological polar surface area (TPSA) is 21.3 Å². The normalized spacial score (nSPS) is 33.9. The molecule has 20 heavy (non-hydrogen) atoms. The molecule has 0 aliphatic heterocycles. The fourth-order valence-electron chi connectivity index (χ4n) is 4.91. The Morgan fingerprint density at radius 2 is 1.80 bits per heavy atom. The minimum absolute atomic E-state index is 0.497. The molecule has 1 N–H and O–H groups in total. The highest BCUT2D eigenvalue weighted by atomic mass is 16.5. The highest BCUT2D eigenvalue weighted by Crippen LogP contribution is 2.54. The van der Waals surface area contributed by atoms with E-state index in [1.54, 1.807) is 0 Å². The molecule has 2 heteroatoms. The standard InChI is InChI=1S/C18H33NO/c1-3-8-17(11-12-17)14-19-15-13-16(20-4-2)18(15)9-6-5-7-10-18/h15-16,19H,3-14H2,1-2H3. The second-order valence-corrected chi connectivity index (χ2v) is 7.66. The van der Waals surface area contributed by atoms with E-state index in [4.69, 9.17) is 4.74 Å². The molecule has 0 saturated heterocycles. The fraction of sp³-hybridized carbons (Fsp3) is 1.00. The predicted octanol–water partition coefficient (Wildman–Crippen LogP) is 4.28. The number of hydrogen-bond donors (Lipinski definition) is 1. The van der Waals surface area contributed by atoms with E-state index < -0.39 is 0 Å². The highest BCUT2D eigenvalue weighted by Gasteiger charge is 2.56. The lowest BCUT2D eigenvalue weighted by Crippen LogP contribution is -2.65. The zero-order valence-corrected chi connectivity index (χ0v) is 13.5. The Morgan fingerprint density at radius 1 is 1.05 bits per heavy atom. The molecule has 0 amide bonds. The van der Waals surface area contributed by atoms with Crippen molar-refractivity contribution in [1.29, 1.82) is 0 Å². The molecule has 0 radical (unpaired) electrons. The maximum atomic E-state index is 6.06. The van der Waals surface area contributed by atoms with Gasteiger partial charge >= 0.3 is 0 Å². The van der Waals surface area contributed by atoms with Crippen LogP contribution in [0.15, 0.2) is 0 Å². The second kappa shape index (κ2) is 5.96. The molecule has 3 aliphatic rings. The van der Waals surface area contributed by atoms with Crippen molar-refractivity contribution in [3.05, 3.63) is 0 Å². The number of nitrogens with one attached hydrogen (secondary N) is 1. The number of rotatable bonds is 7. The summed E-state index contributed by atoms with van der Waals surface area (Å²) in [6, 6.07) is 0.744. The van der Waals surface area contributed by atoms with Crippen LogP contribution in [0.1, 0.15) is 78.1 Å². The van der Waals surface area contributed by atoms with Crippen LogP contribution in [0.5, 0.6) is 0 Å². The van der Waals surface area contributed by atoms with Gasteiger partial charge in [0.2, 0.25) is 0 Å². The molecule has 2 nitrogen and oxygen atoms in total. The second-order valence-electron chi connectivity index (χ2n) is 7.66. The summed E-state index contributed by atoms with van der Waals surface area (Å²) in [5.74, 6) is 0. The molecule has 1 spiro atoms. The molecular formula is C18H33NO. The summed E-state index contributed by atoms with van der Waals surface area (Å²) in [4.78, 5) is 0. The first-order valence-corrected chi connectivity index (χ1v) is 9.10. The summed E-state index contributed by atoms with van der Waals surface area (Å²) in [6.07, 6.45) is 14.6. The van der Waals surface area contributed by atoms with Crippen LogP contribution in [0.25, 0.3) is 0 Å². The summed E-state index contributed by atoms with van der Waals surface area (Å²) in [7, 11) is 0. The summed E-state index contributed by atoms with van der Waals surface area (Å²) < 4.78 is 6.06. The van der Waals surface area contributed by atoms with Crippen molar-refractivity contribution in [2.45, 2.75) is 90.2 Å². The van der Waals surface area contributed by atoms with Gasteiger partial charge in [-0.1, -0.05) is 32.6 Å². The van der Waals surface area contributed by atoms with Crippen LogP contribution in [0.4, 0.5) is 0 Å². The maximum Gasteiger partial charge on any atom is 0.0661 e. The van der Waals surface area contributed by atoms with Crippen molar-refractivity contribution in [2.24, 2.45) is 10.8 Å². The van der Waals surface area contributed by atoms with E-state index in [0.29, 0.717) is 16.9 Å². The van der Waals surface area contributed by atoms with Gasteiger partial charge in [-0.25, -0.2) is 0 Å². The van der Waals surface area contributed by atoms with Crippen LogP contribution in [0, 0.1) is 10.8 Å². The molecule has 3 aliphatic carbocycles. The number of ether oxygens (including phenoxy) is 1. The summed E-state index contributed by atoms with van der Waals surface area (Å²) in [5.41, 5.74) is 1.18. The largest absolute Gasteiger partial charge is 0.378 e. The van der Waals surface area contributed by atoms with Gasteiger partial charge in [0.15, 0.2) is 0 Å². The van der Waals surface area contributed by atoms with Gasteiger partial charge in [0.05, 0.1) is 6.10 Å². The Bertz CT molecular complexity index is 317. The van der Waals surface area contributed by atoms with Gasteiger partial charge < -0.3 is 10.1 Å². The lowest BCUT2D eigenvalue weighted by Gasteiger charge is -2.58. The van der Waals surface area contributed by atoms with Gasteiger partial charge in [0.1, 0.15) is 0 Å². The minimum atomic E-state index is 0.497. The van der Waals surface area contributed by atoms with Crippen molar-refractivity contribution < 1.29 is 4.74 Å². The molecule has 0 aromatic rings. The van der Waals surface area contributed by atoms with E-state index in [1.165, 1.54) is 70.8 Å². The zero-order chi connectivity index (χ0) is 14.1. The average molecular weight is 279 g/mol. The first-order valence-electron chi connectivity index (χ1n) is 9.10. The summed E-state index contributed by atoms with van der Waals surface area (Å²) in [5, 5.41) is 3.98. The van der Waals surface area contributed by atoms with Crippen molar-refractivity contribution in [2.75, 3.05) is 13.2 Å². The van der Waals surface area contributed by atoms with Crippen LogP contribution in [0.3, 0.4) is 0 Å². The van der Waals surface area contributed by atoms with Crippen molar-refractivity contribution >= 4 is 0 Å². The quantitative estimate of drug-likeness (QED) is 0.751. The molecule has 0 aromatic carbocycles. The molecule has 3 rings (SSSR count). The molecule has 0 heterocycles. The monoisotopic (exact) mass is 279 g/mol. The Labute approximate surface area is 125 Å². The Hall–Kier alpha value is -0.0800. The van der Waals surface area contributed by atoms with Crippen LogP contribution < -0.4 is 5.32 Å². The molecule has 0 bridgehead atoms. The third-order valence-corrected chi connectivity index (χ3v) is 6.40. The molecule has 3 fully saturated rings. The fourth-order valence-corrected chi connectivity index (χ4v) is 4.91. The van der Waals surface area contributed by atoms with Gasteiger partial charge in [0.25, 0.3) is 0 Å². The third-order valence-electron chi connectivity index (χ3n) is 6.40. The van der Waals surface area contributed by atoms with E-state index in [1.807, 2.05) is 0 Å². The van der Waals surface area contributed by atoms with Crippen LogP contribution >= 0.6 is 0 Å². The highest BCUT2D eigenvalue weighted by molar-refractivity contribution is 5.10. The average Bonchev–Trinajstić information content (AvgIpc) is 3.23. The molecule has 0 aromatic heterocycles. The Morgan fingerprint density at radius 3 is 2.40 bits per heavy atom. The summed E-state index contributed by atoms with van der Waals surface area (Å²) in [6.45, 7) is 6.64. The van der Waals surface area contributed by atoms with Crippen LogP contribution in [-0.2, 0) is 4.74 Å². The minimum Gasteiger partial charge on any atom is -0.378 e. The Kier molecular flexibility index (Phi) is 4.42. The van der Waals surface area contributed by atoms with Gasteiger partial charge in [0, 0.05) is 24.6 Å². The molecule has 2 unspecified atom stereocenters. The lowest BCUT2D eigenvalue weighted by atomic mass is 9.55. The predicted molar refractivity (Wildman–Crippen MR) is 83.9 cm³/mol. The van der Waals surface area contributed by atoms with Crippen molar-refractivity contribution in [1.82, 2.24) is 5.32 Å². The van der Waals surface area contributed by atoms with E-state index >= 15 is 0 Å². The van der Waals surface area contributed by atoms with E-state index in [9.17, 15) is 0 Å². The first-order chi connectivity index (χ1) is 9.75. The first kappa shape index (κ1) is 14.8. The maximum absolute atomic E-state index is 6.06. The van der Waals surface area contributed by atoms with Crippen molar-refractivity contribution in [3.8, 4) is 0 Å². The van der Waals surface area contributed by atoms with Gasteiger partial charge in [-0.05, 0) is 50.9 Å². The molecule has 116 valence electrons. The van der Waals surface area contributed by atoms with Gasteiger partial charge in [-0.3, -0.25) is 0 Å². The van der Waals surface area contributed by atoms with E-state index in [-0.39, 0.29) is 0 Å². The van der Waals surface area contributed by atoms with Gasteiger partial charge in [-0.2, -0.15) is 0 Å². The third kappa shape index (κ3) is 2.66. The van der Waals surface area contributed by atoms with E-state index in [0.717, 1.165) is 12.6 Å². The molecule has 3 saturated carbocycles. The smallest absolute Gasteiger partial charge is 0.0661 e. The Balaban J connectivity index is 1.56. The summed E-state index contributed by atoms with van der Waals surface area (Å²) >= 11 is 0. The van der Waals surface area contributed by atoms with Crippen LogP contribution in [-0.4, -0.2) is 25.3 Å². The van der Waals surface area contributed by atoms with E-state index in [2.05, 4.69) is 19.2 Å². The molecular weight excluding hydrogens is 246 g/mol. The zero-order valence-electron chi connectivity index (χ0n) is 13.5. The van der Waals surface area contributed by atoms with Gasteiger partial charge in [-0.15, -0.1) is 0 Å². The molecule has 2 atom stereocenters. The lowest BCUT2D eigenvalue weighted by molar-refractivity contribution is -0.150.